The molecule has 0 amide bonds. The predicted octanol–water partition coefficient (Wildman–Crippen LogP) is 4.94. The molecule has 0 fully saturated rings. The summed E-state index contributed by atoms with van der Waals surface area (Å²) >= 11 is 0. The van der Waals surface area contributed by atoms with Crippen molar-refractivity contribution in [1.82, 2.24) is 4.98 Å². The van der Waals surface area contributed by atoms with Crippen LogP contribution in [0, 0.1) is 6.92 Å². The first-order valence-corrected chi connectivity index (χ1v) is 8.54. The van der Waals surface area contributed by atoms with Crippen LogP contribution in [0.1, 0.15) is 34.2 Å². The topological polar surface area (TPSA) is 25.4 Å². The van der Waals surface area contributed by atoms with Crippen molar-refractivity contribution in [3.05, 3.63) is 94.8 Å². The maximum Gasteiger partial charge on any atom is 0.163 e. The Kier molecular flexibility index (Phi) is 3.22. The molecule has 5 rings (SSSR count). The number of para-hydroxylation sites is 1. The van der Waals surface area contributed by atoms with Crippen molar-refractivity contribution < 1.29 is 4.74 Å². The van der Waals surface area contributed by atoms with Crippen molar-refractivity contribution in [2.45, 2.75) is 19.8 Å². The lowest BCUT2D eigenvalue weighted by Crippen LogP contribution is -2.36. The average molecular weight is 326 g/mol. The van der Waals surface area contributed by atoms with Crippen LogP contribution in [-0.4, -0.2) is 4.98 Å². The second-order valence-corrected chi connectivity index (χ2v) is 6.54. The van der Waals surface area contributed by atoms with E-state index >= 15 is 0 Å². The minimum absolute atomic E-state index is 0.139. The van der Waals surface area contributed by atoms with E-state index in [4.69, 9.17) is 4.74 Å². The Balaban J connectivity index is 1.75. The molecule has 3 nitrogen and oxygen atoms in total. The summed E-state index contributed by atoms with van der Waals surface area (Å²) in [6, 6.07) is 21.2. The van der Waals surface area contributed by atoms with Crippen LogP contribution < -0.4 is 4.90 Å². The average Bonchev–Trinajstić information content (AvgIpc) is 2.67. The molecule has 0 radical (unpaired) electrons. The highest BCUT2D eigenvalue weighted by atomic mass is 16.5. The van der Waals surface area contributed by atoms with Gasteiger partial charge in [0.05, 0.1) is 18.0 Å². The van der Waals surface area contributed by atoms with Crippen molar-refractivity contribution in [2.24, 2.45) is 0 Å². The van der Waals surface area contributed by atoms with Crippen LogP contribution >= 0.6 is 0 Å². The van der Waals surface area contributed by atoms with Crippen LogP contribution in [-0.2, 0) is 11.3 Å². The summed E-state index contributed by atoms with van der Waals surface area (Å²) in [4.78, 5) is 6.88. The van der Waals surface area contributed by atoms with Gasteiger partial charge < -0.3 is 9.64 Å². The summed E-state index contributed by atoms with van der Waals surface area (Å²) in [6.07, 6.45) is 3.87. The summed E-state index contributed by atoms with van der Waals surface area (Å²) in [6.45, 7) is 2.73. The third kappa shape index (κ3) is 2.28. The second kappa shape index (κ2) is 5.57. The van der Waals surface area contributed by atoms with Crippen LogP contribution in [0.3, 0.4) is 0 Å². The Morgan fingerprint density at radius 1 is 1.00 bits per heavy atom. The molecule has 25 heavy (non-hydrogen) atoms. The Labute approximate surface area is 147 Å². The van der Waals surface area contributed by atoms with Gasteiger partial charge in [0.25, 0.3) is 0 Å². The number of fused-ring (bicyclic) bond motifs is 5. The number of rotatable bonds is 1. The first-order valence-electron chi connectivity index (χ1n) is 8.54. The lowest BCUT2D eigenvalue weighted by molar-refractivity contribution is 0.0341. The fraction of sp³-hybridized carbons (Fsp3) is 0.136. The fourth-order valence-corrected chi connectivity index (χ4v) is 3.63. The first-order chi connectivity index (χ1) is 12.3. The van der Waals surface area contributed by atoms with Crippen molar-refractivity contribution in [1.29, 1.82) is 0 Å². The van der Waals surface area contributed by atoms with E-state index in [1.54, 1.807) is 0 Å². The highest BCUT2D eigenvalue weighted by molar-refractivity contribution is 5.93. The van der Waals surface area contributed by atoms with Gasteiger partial charge in [0.1, 0.15) is 0 Å². The molecule has 0 saturated carbocycles. The molecule has 0 bridgehead atoms. The number of aryl methyl sites for hydroxylation is 1. The normalized spacial score (nSPS) is 18.0. The lowest BCUT2D eigenvalue weighted by atomic mass is 9.97. The van der Waals surface area contributed by atoms with Crippen LogP contribution in [0.25, 0.3) is 11.8 Å². The van der Waals surface area contributed by atoms with E-state index in [9.17, 15) is 0 Å². The summed E-state index contributed by atoms with van der Waals surface area (Å²) in [5.74, 6) is 0. The van der Waals surface area contributed by atoms with E-state index in [0.717, 1.165) is 17.0 Å². The molecule has 1 aromatic heterocycles. The number of benzene rings is 2. The maximum absolute atomic E-state index is 6.26. The molecule has 122 valence electrons. The first kappa shape index (κ1) is 14.4. The van der Waals surface area contributed by atoms with Gasteiger partial charge in [-0.3, -0.25) is 4.98 Å². The van der Waals surface area contributed by atoms with E-state index in [-0.39, 0.29) is 6.23 Å². The Bertz CT molecular complexity index is 975. The molecule has 3 heteroatoms. The summed E-state index contributed by atoms with van der Waals surface area (Å²) < 4.78 is 6.26. The van der Waals surface area contributed by atoms with Crippen molar-refractivity contribution in [3.63, 3.8) is 0 Å². The van der Waals surface area contributed by atoms with E-state index in [0.29, 0.717) is 6.61 Å². The van der Waals surface area contributed by atoms with Gasteiger partial charge >= 0.3 is 0 Å². The largest absolute Gasteiger partial charge is 0.349 e. The Morgan fingerprint density at radius 3 is 2.72 bits per heavy atom. The Morgan fingerprint density at radius 2 is 1.84 bits per heavy atom. The zero-order valence-corrected chi connectivity index (χ0v) is 14.0. The molecule has 0 saturated heterocycles. The predicted molar refractivity (Wildman–Crippen MR) is 99.7 cm³/mol. The molecule has 0 N–H and O–H groups in total. The lowest BCUT2D eigenvalue weighted by Gasteiger charge is -2.42. The van der Waals surface area contributed by atoms with Gasteiger partial charge in [0, 0.05) is 23.0 Å². The zero-order chi connectivity index (χ0) is 16.8. The van der Waals surface area contributed by atoms with E-state index in [1.807, 2.05) is 12.3 Å². The summed E-state index contributed by atoms with van der Waals surface area (Å²) in [7, 11) is 0. The molecule has 2 aliphatic rings. The SMILES string of the molecule is Cc1ccc(C2=Cc3ncccc3C3OCc4ccccc4N23)cc1. The number of anilines is 1. The van der Waals surface area contributed by atoms with Gasteiger partial charge in [-0.15, -0.1) is 0 Å². The maximum atomic E-state index is 6.26. The summed E-state index contributed by atoms with van der Waals surface area (Å²) in [5, 5.41) is 0. The Hall–Kier alpha value is -2.91. The van der Waals surface area contributed by atoms with Gasteiger partial charge in [0.15, 0.2) is 6.23 Å². The van der Waals surface area contributed by atoms with Crippen LogP contribution in [0.4, 0.5) is 5.69 Å². The molecular weight excluding hydrogens is 308 g/mol. The number of hydrogen-bond acceptors (Lipinski definition) is 3. The molecule has 3 heterocycles. The monoisotopic (exact) mass is 326 g/mol. The fourth-order valence-electron chi connectivity index (χ4n) is 3.63. The number of aromatic nitrogens is 1. The van der Waals surface area contributed by atoms with E-state index in [1.165, 1.54) is 22.4 Å². The van der Waals surface area contributed by atoms with Crippen LogP contribution in [0.15, 0.2) is 66.9 Å². The molecule has 1 unspecified atom stereocenters. The quantitative estimate of drug-likeness (QED) is 0.633. The summed E-state index contributed by atoms with van der Waals surface area (Å²) in [5.41, 5.74) is 8.08. The standard InChI is InChI=1S/C22H18N2O/c1-15-8-10-16(11-9-15)21-13-19-18(6-4-12-23-19)22-24(21)20-7-3-2-5-17(20)14-25-22/h2-13,22H,14H2,1H3. The highest BCUT2D eigenvalue weighted by Gasteiger charge is 2.35. The van der Waals surface area contributed by atoms with Crippen LogP contribution in [0.5, 0.6) is 0 Å². The molecule has 2 aromatic carbocycles. The van der Waals surface area contributed by atoms with Crippen molar-refractivity contribution in [3.8, 4) is 0 Å². The minimum Gasteiger partial charge on any atom is -0.349 e. The molecule has 2 aliphatic heterocycles. The van der Waals surface area contributed by atoms with Crippen molar-refractivity contribution >= 4 is 17.5 Å². The molecule has 0 aliphatic carbocycles. The minimum atomic E-state index is -0.139. The third-order valence-corrected chi connectivity index (χ3v) is 4.90. The molecule has 3 aromatic rings. The molecular formula is C22H18N2O. The smallest absolute Gasteiger partial charge is 0.163 e. The number of pyridine rings is 1. The highest BCUT2D eigenvalue weighted by Crippen LogP contribution is 2.46. The van der Waals surface area contributed by atoms with Gasteiger partial charge in [-0.05, 0) is 30.7 Å². The molecule has 0 spiro atoms. The van der Waals surface area contributed by atoms with Crippen molar-refractivity contribution in [2.75, 3.05) is 4.90 Å². The van der Waals surface area contributed by atoms with Gasteiger partial charge in [-0.1, -0.05) is 54.1 Å². The van der Waals surface area contributed by atoms with Gasteiger partial charge in [-0.2, -0.15) is 0 Å². The molecule has 1 atom stereocenters. The number of nitrogens with zero attached hydrogens (tertiary/aromatic N) is 2. The second-order valence-electron chi connectivity index (χ2n) is 6.54. The number of ether oxygens (including phenoxy) is 1. The number of hydrogen-bond donors (Lipinski definition) is 0. The van der Waals surface area contributed by atoms with Gasteiger partial charge in [-0.25, -0.2) is 0 Å². The van der Waals surface area contributed by atoms with Gasteiger partial charge in [0.2, 0.25) is 0 Å². The zero-order valence-electron chi connectivity index (χ0n) is 14.0. The van der Waals surface area contributed by atoms with E-state index in [2.05, 4.69) is 77.5 Å². The third-order valence-electron chi connectivity index (χ3n) is 4.90. The van der Waals surface area contributed by atoms with Crippen LogP contribution in [0.2, 0.25) is 0 Å². The van der Waals surface area contributed by atoms with E-state index < -0.39 is 0 Å².